The van der Waals surface area contributed by atoms with Crippen molar-refractivity contribution >= 4 is 22.9 Å². The number of rotatable bonds is 4. The van der Waals surface area contributed by atoms with Crippen molar-refractivity contribution in [3.63, 3.8) is 0 Å². The second kappa shape index (κ2) is 7.02. The molecule has 5 nitrogen and oxygen atoms in total. The van der Waals surface area contributed by atoms with Gasteiger partial charge in [0.15, 0.2) is 11.5 Å². The van der Waals surface area contributed by atoms with Crippen LogP contribution in [0.2, 0.25) is 0 Å². The van der Waals surface area contributed by atoms with Crippen LogP contribution in [0.1, 0.15) is 37.3 Å². The Morgan fingerprint density at radius 3 is 2.59 bits per heavy atom. The van der Waals surface area contributed by atoms with Crippen LogP contribution in [0.15, 0.2) is 29.4 Å². The van der Waals surface area contributed by atoms with Crippen LogP contribution in [0, 0.1) is 11.3 Å². The molecule has 9 heteroatoms. The van der Waals surface area contributed by atoms with Gasteiger partial charge in [0, 0.05) is 24.3 Å². The zero-order chi connectivity index (χ0) is 20.8. The van der Waals surface area contributed by atoms with Crippen molar-refractivity contribution in [3.05, 3.63) is 35.7 Å². The van der Waals surface area contributed by atoms with E-state index in [1.807, 2.05) is 13.0 Å². The van der Waals surface area contributed by atoms with E-state index in [0.29, 0.717) is 17.2 Å². The van der Waals surface area contributed by atoms with Gasteiger partial charge in [0.2, 0.25) is 0 Å². The quantitative estimate of drug-likeness (QED) is 0.552. The molecular weight excluding hydrogens is 399 g/mol. The fraction of sp³-hybridized carbons (Fsp3) is 0.400. The summed E-state index contributed by atoms with van der Waals surface area (Å²) in [5, 5.41) is 9.63. The summed E-state index contributed by atoms with van der Waals surface area (Å²) in [6.45, 7) is 2.01. The summed E-state index contributed by atoms with van der Waals surface area (Å²) in [7, 11) is 1.71. The second-order valence-corrected chi connectivity index (χ2v) is 8.42. The number of hydrogen-bond acceptors (Lipinski definition) is 5. The highest BCUT2D eigenvalue weighted by atomic mass is 32.2. The summed E-state index contributed by atoms with van der Waals surface area (Å²) in [6, 6.07) is 5.41. The maximum Gasteiger partial charge on any atom is 0.417 e. The van der Waals surface area contributed by atoms with Crippen molar-refractivity contribution < 1.29 is 13.2 Å². The van der Waals surface area contributed by atoms with Crippen LogP contribution in [0.25, 0.3) is 22.7 Å². The van der Waals surface area contributed by atoms with Gasteiger partial charge in [0.05, 0.1) is 17.0 Å². The Kier molecular flexibility index (Phi) is 4.77. The van der Waals surface area contributed by atoms with E-state index in [1.165, 1.54) is 0 Å². The summed E-state index contributed by atoms with van der Waals surface area (Å²) in [4.78, 5) is 13.8. The molecule has 1 fully saturated rings. The number of fused-ring (bicyclic) bond motifs is 1. The number of halogens is 3. The molecule has 0 atom stereocenters. The standard InChI is InChI=1S/C20H18F3N5S/c1-3-29-15-8-12(19(11-24)5-4-6-19)9-25-16(15)18-27-14-7-13(20(21,22)23)10-26-17(14)28(18)2/h7-10H,3-6H2,1-2H3. The van der Waals surface area contributed by atoms with E-state index in [0.717, 1.165) is 47.7 Å². The number of aryl methyl sites for hydroxylation is 1. The molecule has 29 heavy (non-hydrogen) atoms. The van der Waals surface area contributed by atoms with E-state index in [9.17, 15) is 18.4 Å². The van der Waals surface area contributed by atoms with Gasteiger partial charge in [-0.15, -0.1) is 11.8 Å². The topological polar surface area (TPSA) is 67.4 Å². The molecule has 3 aromatic rings. The highest BCUT2D eigenvalue weighted by Crippen LogP contribution is 2.44. The molecule has 0 unspecified atom stereocenters. The molecule has 3 aromatic heterocycles. The smallest absolute Gasteiger partial charge is 0.310 e. The third kappa shape index (κ3) is 3.25. The summed E-state index contributed by atoms with van der Waals surface area (Å²) in [5.41, 5.74) is 0.692. The van der Waals surface area contributed by atoms with Gasteiger partial charge in [-0.25, -0.2) is 9.97 Å². The predicted molar refractivity (Wildman–Crippen MR) is 104 cm³/mol. The van der Waals surface area contributed by atoms with Crippen LogP contribution in [-0.2, 0) is 18.6 Å². The minimum Gasteiger partial charge on any atom is -0.310 e. The van der Waals surface area contributed by atoms with Crippen LogP contribution in [-0.4, -0.2) is 25.3 Å². The average molecular weight is 417 g/mol. The van der Waals surface area contributed by atoms with Crippen molar-refractivity contribution in [2.75, 3.05) is 5.75 Å². The van der Waals surface area contributed by atoms with E-state index >= 15 is 0 Å². The van der Waals surface area contributed by atoms with Crippen molar-refractivity contribution in [3.8, 4) is 17.6 Å². The number of thioether (sulfide) groups is 1. The molecule has 150 valence electrons. The van der Waals surface area contributed by atoms with E-state index in [-0.39, 0.29) is 5.52 Å². The molecule has 0 aromatic carbocycles. The number of alkyl halides is 3. The Bertz CT molecular complexity index is 1130. The lowest BCUT2D eigenvalue weighted by atomic mass is 9.66. The number of nitrogens with zero attached hydrogens (tertiary/aromatic N) is 5. The van der Waals surface area contributed by atoms with Crippen molar-refractivity contribution in [1.29, 1.82) is 5.26 Å². The largest absolute Gasteiger partial charge is 0.417 e. The van der Waals surface area contributed by atoms with Gasteiger partial charge in [0.1, 0.15) is 11.2 Å². The van der Waals surface area contributed by atoms with E-state index in [2.05, 4.69) is 21.0 Å². The van der Waals surface area contributed by atoms with Crippen molar-refractivity contribution in [1.82, 2.24) is 19.5 Å². The minimum absolute atomic E-state index is 0.170. The first-order valence-electron chi connectivity index (χ1n) is 9.23. The zero-order valence-corrected chi connectivity index (χ0v) is 16.7. The highest BCUT2D eigenvalue weighted by molar-refractivity contribution is 7.99. The molecule has 1 aliphatic rings. The lowest BCUT2D eigenvalue weighted by Crippen LogP contribution is -2.32. The number of hydrogen-bond donors (Lipinski definition) is 0. The molecule has 0 N–H and O–H groups in total. The first-order valence-corrected chi connectivity index (χ1v) is 10.2. The Morgan fingerprint density at radius 1 is 1.24 bits per heavy atom. The lowest BCUT2D eigenvalue weighted by molar-refractivity contribution is -0.137. The number of nitriles is 1. The summed E-state index contributed by atoms with van der Waals surface area (Å²) in [6.07, 6.45) is 0.693. The van der Waals surface area contributed by atoms with Gasteiger partial charge in [0.25, 0.3) is 0 Å². The highest BCUT2D eigenvalue weighted by Gasteiger charge is 2.40. The Balaban J connectivity index is 1.84. The molecular formula is C20H18F3N5S. The number of imidazole rings is 1. The zero-order valence-electron chi connectivity index (χ0n) is 15.9. The molecule has 0 amide bonds. The molecule has 0 aliphatic heterocycles. The Labute approximate surface area is 170 Å². The fourth-order valence-electron chi connectivity index (χ4n) is 3.58. The van der Waals surface area contributed by atoms with Crippen LogP contribution < -0.4 is 0 Å². The minimum atomic E-state index is -4.48. The molecule has 0 spiro atoms. The van der Waals surface area contributed by atoms with E-state index in [4.69, 9.17) is 0 Å². The van der Waals surface area contributed by atoms with Gasteiger partial charge in [-0.05, 0) is 42.7 Å². The summed E-state index contributed by atoms with van der Waals surface area (Å²) in [5.74, 6) is 1.24. The summed E-state index contributed by atoms with van der Waals surface area (Å²) >= 11 is 1.57. The maximum atomic E-state index is 13.0. The summed E-state index contributed by atoms with van der Waals surface area (Å²) < 4.78 is 40.7. The van der Waals surface area contributed by atoms with Crippen LogP contribution >= 0.6 is 11.8 Å². The molecule has 0 bridgehead atoms. The van der Waals surface area contributed by atoms with E-state index < -0.39 is 17.2 Å². The van der Waals surface area contributed by atoms with Gasteiger partial charge in [-0.2, -0.15) is 18.4 Å². The van der Waals surface area contributed by atoms with Gasteiger partial charge in [-0.1, -0.05) is 6.92 Å². The molecule has 4 rings (SSSR count). The van der Waals surface area contributed by atoms with Crippen molar-refractivity contribution in [2.24, 2.45) is 7.05 Å². The monoisotopic (exact) mass is 417 g/mol. The normalized spacial score (nSPS) is 15.9. The van der Waals surface area contributed by atoms with Crippen LogP contribution in [0.5, 0.6) is 0 Å². The average Bonchev–Trinajstić information content (AvgIpc) is 2.97. The fourth-order valence-corrected chi connectivity index (χ4v) is 4.38. The lowest BCUT2D eigenvalue weighted by Gasteiger charge is -2.35. The SMILES string of the molecule is CCSc1cc(C2(C#N)CCC2)cnc1-c1nc2cc(C(F)(F)F)cnc2n1C. The second-order valence-electron chi connectivity index (χ2n) is 7.11. The van der Waals surface area contributed by atoms with Gasteiger partial charge >= 0.3 is 6.18 Å². The molecule has 1 saturated carbocycles. The van der Waals surface area contributed by atoms with Gasteiger partial charge in [-0.3, -0.25) is 4.98 Å². The number of pyridine rings is 2. The first kappa shape index (κ1) is 19.7. The third-order valence-corrected chi connectivity index (χ3v) is 6.29. The molecule has 0 saturated heterocycles. The first-order chi connectivity index (χ1) is 13.8. The third-order valence-electron chi connectivity index (χ3n) is 5.37. The van der Waals surface area contributed by atoms with Crippen LogP contribution in [0.3, 0.4) is 0 Å². The predicted octanol–water partition coefficient (Wildman–Crippen LogP) is 5.11. The number of aromatic nitrogens is 4. The maximum absolute atomic E-state index is 13.0. The van der Waals surface area contributed by atoms with Crippen molar-refractivity contribution in [2.45, 2.75) is 42.7 Å². The molecule has 3 heterocycles. The molecule has 0 radical (unpaired) electrons. The Morgan fingerprint density at radius 2 is 2.00 bits per heavy atom. The van der Waals surface area contributed by atoms with Crippen LogP contribution in [0.4, 0.5) is 13.2 Å². The van der Waals surface area contributed by atoms with E-state index in [1.54, 1.807) is 29.6 Å². The van der Waals surface area contributed by atoms with Gasteiger partial charge < -0.3 is 4.57 Å². The molecule has 1 aliphatic carbocycles. The Hall–Kier alpha value is -2.60.